The Balaban J connectivity index is 2.23. The van der Waals surface area contributed by atoms with Gasteiger partial charge in [-0.1, -0.05) is 6.92 Å². The minimum absolute atomic E-state index is 0.0397. The highest BCUT2D eigenvalue weighted by molar-refractivity contribution is 7.87. The summed E-state index contributed by atoms with van der Waals surface area (Å²) in [5.74, 6) is -2.10. The van der Waals surface area contributed by atoms with Crippen LogP contribution in [0.5, 0.6) is 0 Å². The van der Waals surface area contributed by atoms with E-state index in [4.69, 9.17) is 0 Å². The summed E-state index contributed by atoms with van der Waals surface area (Å²) in [4.78, 5) is 31.0. The van der Waals surface area contributed by atoms with Crippen LogP contribution in [-0.4, -0.2) is 56.8 Å². The summed E-state index contributed by atoms with van der Waals surface area (Å²) in [6, 6.07) is 4.12. The van der Waals surface area contributed by atoms with Crippen molar-refractivity contribution in [2.45, 2.75) is 32.2 Å². The second-order valence-electron chi connectivity index (χ2n) is 7.49. The quantitative estimate of drug-likeness (QED) is 0.567. The maximum atomic E-state index is 13.5. The fourth-order valence-corrected chi connectivity index (χ4v) is 3.38. The van der Waals surface area contributed by atoms with E-state index in [-0.39, 0.29) is 18.4 Å². The minimum atomic E-state index is -4.09. The summed E-state index contributed by atoms with van der Waals surface area (Å²) in [7, 11) is -0.141. The van der Waals surface area contributed by atoms with Crippen LogP contribution in [0.25, 0.3) is 0 Å². The van der Waals surface area contributed by atoms with Crippen molar-refractivity contribution in [1.29, 1.82) is 0 Å². The Hall–Kier alpha value is -3.12. The molecule has 2 rings (SSSR count). The Kier molecular flexibility index (Phi) is 8.83. The van der Waals surface area contributed by atoms with E-state index in [2.05, 4.69) is 10.3 Å². The van der Waals surface area contributed by atoms with Crippen molar-refractivity contribution in [3.63, 3.8) is 0 Å². The normalized spacial score (nSPS) is 12.3. The smallest absolute Gasteiger partial charge is 0.325 e. The average molecular weight is 484 g/mol. The van der Waals surface area contributed by atoms with Gasteiger partial charge >= 0.3 is 16.2 Å². The molecule has 3 amide bonds. The molecule has 1 atom stereocenters. The number of nitrogens with one attached hydrogen (secondary N) is 2. The van der Waals surface area contributed by atoms with Crippen molar-refractivity contribution in [2.24, 2.45) is 0 Å². The molecule has 0 aliphatic carbocycles. The Morgan fingerprint density at radius 1 is 1.09 bits per heavy atom. The van der Waals surface area contributed by atoms with Crippen molar-refractivity contribution in [1.82, 2.24) is 19.3 Å². The molecule has 0 bridgehead atoms. The minimum Gasteiger partial charge on any atom is -0.325 e. The third kappa shape index (κ3) is 7.46. The number of halogens is 2. The first-order chi connectivity index (χ1) is 15.4. The van der Waals surface area contributed by atoms with Gasteiger partial charge < -0.3 is 10.2 Å². The van der Waals surface area contributed by atoms with Crippen LogP contribution in [0.2, 0.25) is 0 Å². The van der Waals surface area contributed by atoms with E-state index >= 15 is 0 Å². The number of benzene rings is 1. The van der Waals surface area contributed by atoms with Crippen molar-refractivity contribution in [2.75, 3.05) is 26.0 Å². The topological polar surface area (TPSA) is 112 Å². The molecule has 0 saturated heterocycles. The molecule has 1 aromatic heterocycles. The first-order valence-electron chi connectivity index (χ1n) is 10.1. The summed E-state index contributed by atoms with van der Waals surface area (Å²) in [6.07, 6.45) is 2.23. The fourth-order valence-electron chi connectivity index (χ4n) is 2.91. The highest BCUT2D eigenvalue weighted by Gasteiger charge is 2.27. The number of hydrogen-bond donors (Lipinski definition) is 2. The third-order valence-electron chi connectivity index (χ3n) is 4.84. The van der Waals surface area contributed by atoms with Crippen LogP contribution in [0, 0.1) is 11.6 Å². The van der Waals surface area contributed by atoms with Gasteiger partial charge in [0.05, 0.1) is 11.9 Å². The SMILES string of the molecule is CCc1ccc(N(C)C(=O)[C@H](CCc2cc(F)cc(F)c2)NC(=O)NS(=O)(=O)N(C)C)cn1. The fraction of sp³-hybridized carbons (Fsp3) is 0.381. The molecule has 0 aliphatic heterocycles. The van der Waals surface area contributed by atoms with Crippen molar-refractivity contribution < 1.29 is 26.8 Å². The van der Waals surface area contributed by atoms with Gasteiger partial charge in [0.1, 0.15) is 17.7 Å². The van der Waals surface area contributed by atoms with Crippen LogP contribution >= 0.6 is 0 Å². The lowest BCUT2D eigenvalue weighted by atomic mass is 10.0. The van der Waals surface area contributed by atoms with E-state index in [0.29, 0.717) is 12.1 Å². The van der Waals surface area contributed by atoms with Crippen molar-refractivity contribution in [3.05, 3.63) is 59.4 Å². The zero-order chi connectivity index (χ0) is 24.8. The van der Waals surface area contributed by atoms with Crippen LogP contribution in [0.1, 0.15) is 24.6 Å². The van der Waals surface area contributed by atoms with Crippen LogP contribution < -0.4 is 14.9 Å². The molecule has 9 nitrogen and oxygen atoms in total. The number of aryl methyl sites for hydroxylation is 2. The van der Waals surface area contributed by atoms with Crippen LogP contribution in [0.4, 0.5) is 19.3 Å². The summed E-state index contributed by atoms with van der Waals surface area (Å²) >= 11 is 0. The second-order valence-corrected chi connectivity index (χ2v) is 9.38. The predicted molar refractivity (Wildman–Crippen MR) is 120 cm³/mol. The molecule has 0 saturated carbocycles. The number of pyridine rings is 1. The lowest BCUT2D eigenvalue weighted by Crippen LogP contribution is -2.53. The van der Waals surface area contributed by atoms with Gasteiger partial charge in [0.2, 0.25) is 5.91 Å². The first-order valence-corrected chi connectivity index (χ1v) is 11.5. The summed E-state index contributed by atoms with van der Waals surface area (Å²) < 4.78 is 53.5. The number of amides is 3. The number of carbonyl (C=O) groups excluding carboxylic acids is 2. The number of anilines is 1. The largest absolute Gasteiger partial charge is 0.330 e. The Labute approximate surface area is 192 Å². The Bertz CT molecular complexity index is 1070. The summed E-state index contributed by atoms with van der Waals surface area (Å²) in [5, 5.41) is 2.35. The summed E-state index contributed by atoms with van der Waals surface area (Å²) in [5.41, 5.74) is 1.57. The van der Waals surface area contributed by atoms with E-state index in [9.17, 15) is 26.8 Å². The predicted octanol–water partition coefficient (Wildman–Crippen LogP) is 1.99. The number of carbonyl (C=O) groups is 2. The molecule has 0 fully saturated rings. The second kappa shape index (κ2) is 11.1. The Morgan fingerprint density at radius 3 is 2.24 bits per heavy atom. The van der Waals surface area contributed by atoms with E-state index in [1.807, 2.05) is 6.92 Å². The molecular weight excluding hydrogens is 456 g/mol. The average Bonchev–Trinajstić information content (AvgIpc) is 2.74. The van der Waals surface area contributed by atoms with Crippen LogP contribution in [0.3, 0.4) is 0 Å². The third-order valence-corrected chi connectivity index (χ3v) is 6.24. The molecule has 12 heteroatoms. The molecule has 2 N–H and O–H groups in total. The number of aromatic nitrogens is 1. The van der Waals surface area contributed by atoms with Gasteiger partial charge in [-0.3, -0.25) is 9.78 Å². The molecular formula is C21H27F2N5O4S. The molecule has 0 radical (unpaired) electrons. The van der Waals surface area contributed by atoms with Gasteiger partial charge in [-0.2, -0.15) is 12.7 Å². The highest BCUT2D eigenvalue weighted by Crippen LogP contribution is 2.16. The van der Waals surface area contributed by atoms with Crippen molar-refractivity contribution >= 4 is 27.8 Å². The molecule has 180 valence electrons. The zero-order valence-electron chi connectivity index (χ0n) is 18.8. The standard InChI is InChI=1S/C21H27F2N5O4S/c1-5-17-7-8-18(13-24-17)28(4)20(29)19(25-21(30)26-33(31,32)27(2)3)9-6-14-10-15(22)12-16(23)11-14/h7-8,10-13,19H,5-6,9H2,1-4H3,(H2,25,26,30)/t19-/m0/s1. The van der Waals surface area contributed by atoms with Gasteiger partial charge in [0.25, 0.3) is 0 Å². The number of nitrogens with zero attached hydrogens (tertiary/aromatic N) is 3. The van der Waals surface area contributed by atoms with Gasteiger partial charge in [0.15, 0.2) is 0 Å². The van der Waals surface area contributed by atoms with E-state index in [1.165, 1.54) is 32.2 Å². The van der Waals surface area contributed by atoms with E-state index in [0.717, 1.165) is 28.2 Å². The molecule has 2 aromatic rings. The molecule has 0 spiro atoms. The Morgan fingerprint density at radius 2 is 1.73 bits per heavy atom. The molecule has 0 unspecified atom stereocenters. The molecule has 1 aromatic carbocycles. The number of urea groups is 1. The van der Waals surface area contributed by atoms with E-state index in [1.54, 1.807) is 16.9 Å². The highest BCUT2D eigenvalue weighted by atomic mass is 32.2. The molecule has 33 heavy (non-hydrogen) atoms. The van der Waals surface area contributed by atoms with Crippen LogP contribution in [0.15, 0.2) is 36.5 Å². The molecule has 1 heterocycles. The number of rotatable bonds is 9. The lowest BCUT2D eigenvalue weighted by Gasteiger charge is -2.25. The van der Waals surface area contributed by atoms with Crippen molar-refractivity contribution in [3.8, 4) is 0 Å². The van der Waals surface area contributed by atoms with Crippen LogP contribution in [-0.2, 0) is 27.8 Å². The maximum Gasteiger partial charge on any atom is 0.330 e. The first kappa shape index (κ1) is 26.1. The zero-order valence-corrected chi connectivity index (χ0v) is 19.6. The monoisotopic (exact) mass is 483 g/mol. The lowest BCUT2D eigenvalue weighted by molar-refractivity contribution is -0.120. The van der Waals surface area contributed by atoms with E-state index < -0.39 is 39.8 Å². The number of hydrogen-bond acceptors (Lipinski definition) is 5. The van der Waals surface area contributed by atoms with Gasteiger partial charge in [-0.05, 0) is 49.1 Å². The summed E-state index contributed by atoms with van der Waals surface area (Å²) in [6.45, 7) is 1.94. The van der Waals surface area contributed by atoms with Gasteiger partial charge in [0, 0.05) is 32.9 Å². The van der Waals surface area contributed by atoms with Gasteiger partial charge in [-0.15, -0.1) is 0 Å². The number of likely N-dealkylation sites (N-methyl/N-ethyl adjacent to an activating group) is 1. The maximum absolute atomic E-state index is 13.5. The van der Waals surface area contributed by atoms with Gasteiger partial charge in [-0.25, -0.2) is 18.3 Å². The molecule has 0 aliphatic rings.